The first-order chi connectivity index (χ1) is 6.31. The smallest absolute Gasteiger partial charge is 0.0900 e. The minimum atomic E-state index is 0.833. The fourth-order valence-corrected chi connectivity index (χ4v) is 3.40. The van der Waals surface area contributed by atoms with Crippen molar-refractivity contribution in [3.63, 3.8) is 0 Å². The summed E-state index contributed by atoms with van der Waals surface area (Å²) in [6.07, 6.45) is 6.62. The van der Waals surface area contributed by atoms with E-state index in [0.717, 1.165) is 5.92 Å². The summed E-state index contributed by atoms with van der Waals surface area (Å²) < 4.78 is 0. The second kappa shape index (κ2) is 3.79. The van der Waals surface area contributed by atoms with Crippen molar-refractivity contribution >= 4 is 11.3 Å². The minimum Gasteiger partial charge on any atom is -0.246 e. The van der Waals surface area contributed by atoms with Crippen LogP contribution in [0.1, 0.15) is 54.1 Å². The van der Waals surface area contributed by atoms with Gasteiger partial charge in [0.25, 0.3) is 0 Å². The zero-order valence-corrected chi connectivity index (χ0v) is 9.28. The summed E-state index contributed by atoms with van der Waals surface area (Å²) in [4.78, 5) is 6.20. The van der Waals surface area contributed by atoms with Gasteiger partial charge in [0.15, 0.2) is 0 Å². The van der Waals surface area contributed by atoms with Crippen LogP contribution in [0, 0.1) is 6.92 Å². The van der Waals surface area contributed by atoms with Crippen molar-refractivity contribution in [2.75, 3.05) is 0 Å². The average Bonchev–Trinajstić information content (AvgIpc) is 2.47. The van der Waals surface area contributed by atoms with Crippen LogP contribution in [0.4, 0.5) is 0 Å². The number of aryl methyl sites for hydroxylation is 2. The molecule has 2 heteroatoms. The maximum Gasteiger partial charge on any atom is 0.0900 e. The van der Waals surface area contributed by atoms with Gasteiger partial charge in [0, 0.05) is 4.88 Å². The fraction of sp³-hybridized carbons (Fsp3) is 0.727. The van der Waals surface area contributed by atoms with Crippen molar-refractivity contribution in [3.05, 3.63) is 15.6 Å². The van der Waals surface area contributed by atoms with E-state index >= 15 is 0 Å². The number of rotatable bonds is 2. The molecule has 1 aromatic rings. The highest BCUT2D eigenvalue weighted by atomic mass is 32.1. The molecule has 0 aromatic carbocycles. The molecule has 1 aromatic heterocycles. The Hall–Kier alpha value is -0.370. The molecule has 72 valence electrons. The Balaban J connectivity index is 2.25. The zero-order chi connectivity index (χ0) is 9.26. The van der Waals surface area contributed by atoms with Crippen LogP contribution in [-0.2, 0) is 6.42 Å². The molecule has 2 rings (SSSR count). The van der Waals surface area contributed by atoms with Gasteiger partial charge in [0.2, 0.25) is 0 Å². The maximum atomic E-state index is 4.60. The first kappa shape index (κ1) is 9.20. The molecule has 1 nitrogen and oxygen atoms in total. The Kier molecular flexibility index (Phi) is 2.68. The van der Waals surface area contributed by atoms with Crippen LogP contribution in [0.3, 0.4) is 0 Å². The molecule has 0 saturated carbocycles. The maximum absolute atomic E-state index is 4.60. The van der Waals surface area contributed by atoms with Crippen molar-refractivity contribution < 1.29 is 0 Å². The predicted molar refractivity (Wildman–Crippen MR) is 57.4 cm³/mol. The number of hydrogen-bond donors (Lipinski definition) is 0. The molecule has 0 fully saturated rings. The van der Waals surface area contributed by atoms with Gasteiger partial charge in [-0.2, -0.15) is 0 Å². The van der Waals surface area contributed by atoms with E-state index in [9.17, 15) is 0 Å². The molecule has 0 saturated heterocycles. The van der Waals surface area contributed by atoms with E-state index in [4.69, 9.17) is 0 Å². The lowest BCUT2D eigenvalue weighted by Gasteiger charge is -2.20. The van der Waals surface area contributed by atoms with Crippen molar-refractivity contribution in [2.24, 2.45) is 0 Å². The lowest BCUT2D eigenvalue weighted by atomic mass is 9.89. The van der Waals surface area contributed by atoms with Crippen molar-refractivity contribution in [3.8, 4) is 0 Å². The lowest BCUT2D eigenvalue weighted by Crippen LogP contribution is -2.07. The molecule has 1 heterocycles. The van der Waals surface area contributed by atoms with Crippen LogP contribution in [0.2, 0.25) is 0 Å². The first-order valence-corrected chi connectivity index (χ1v) is 6.09. The van der Waals surface area contributed by atoms with Gasteiger partial charge in [-0.25, -0.2) is 4.98 Å². The Morgan fingerprint density at radius 1 is 1.54 bits per heavy atom. The number of nitrogens with zero attached hydrogens (tertiary/aromatic N) is 1. The molecule has 1 aliphatic rings. The summed E-state index contributed by atoms with van der Waals surface area (Å²) in [6, 6.07) is 0. The summed E-state index contributed by atoms with van der Waals surface area (Å²) in [5.41, 5.74) is 1.41. The van der Waals surface area contributed by atoms with Crippen molar-refractivity contribution in [1.29, 1.82) is 0 Å². The number of hydrogen-bond acceptors (Lipinski definition) is 2. The summed E-state index contributed by atoms with van der Waals surface area (Å²) >= 11 is 1.93. The van der Waals surface area contributed by atoms with Gasteiger partial charge in [-0.05, 0) is 38.5 Å². The molecular formula is C11H17NS. The minimum absolute atomic E-state index is 0.833. The predicted octanol–water partition coefficient (Wildman–Crippen LogP) is 3.67. The molecule has 0 aliphatic heterocycles. The quantitative estimate of drug-likeness (QED) is 0.701. The van der Waals surface area contributed by atoms with Crippen molar-refractivity contribution in [1.82, 2.24) is 4.98 Å². The topological polar surface area (TPSA) is 12.9 Å². The number of aromatic nitrogens is 1. The van der Waals surface area contributed by atoms with Gasteiger partial charge in [-0.3, -0.25) is 0 Å². The number of thiazole rings is 1. The lowest BCUT2D eigenvalue weighted by molar-refractivity contribution is 0.519. The van der Waals surface area contributed by atoms with Crippen LogP contribution in [0.25, 0.3) is 0 Å². The van der Waals surface area contributed by atoms with Crippen molar-refractivity contribution in [2.45, 2.75) is 51.9 Å². The third-order valence-corrected chi connectivity index (χ3v) is 3.98. The third-order valence-electron chi connectivity index (χ3n) is 2.81. The van der Waals surface area contributed by atoms with Gasteiger partial charge in [0.1, 0.15) is 0 Å². The highest BCUT2D eigenvalue weighted by Crippen LogP contribution is 2.38. The molecule has 1 atom stereocenters. The molecular weight excluding hydrogens is 178 g/mol. The first-order valence-electron chi connectivity index (χ1n) is 5.27. The van der Waals surface area contributed by atoms with Gasteiger partial charge in [-0.15, -0.1) is 11.3 Å². The van der Waals surface area contributed by atoms with Crippen LogP contribution < -0.4 is 0 Å². The normalized spacial score (nSPS) is 21.5. The fourth-order valence-electron chi connectivity index (χ4n) is 2.25. The number of fused-ring (bicyclic) bond motifs is 1. The molecule has 1 unspecified atom stereocenters. The summed E-state index contributed by atoms with van der Waals surface area (Å²) in [5.74, 6) is 0.833. The zero-order valence-electron chi connectivity index (χ0n) is 8.47. The van der Waals surface area contributed by atoms with E-state index in [-0.39, 0.29) is 0 Å². The van der Waals surface area contributed by atoms with E-state index in [1.807, 2.05) is 11.3 Å². The summed E-state index contributed by atoms with van der Waals surface area (Å²) in [6.45, 7) is 4.41. The van der Waals surface area contributed by atoms with E-state index in [0.29, 0.717) is 0 Å². The second-order valence-corrected chi connectivity index (χ2v) is 5.16. The summed E-state index contributed by atoms with van der Waals surface area (Å²) in [5, 5.41) is 1.26. The Morgan fingerprint density at radius 2 is 2.38 bits per heavy atom. The largest absolute Gasteiger partial charge is 0.246 e. The van der Waals surface area contributed by atoms with Gasteiger partial charge >= 0.3 is 0 Å². The van der Waals surface area contributed by atoms with Crippen LogP contribution in [0.5, 0.6) is 0 Å². The van der Waals surface area contributed by atoms with E-state index in [2.05, 4.69) is 18.8 Å². The van der Waals surface area contributed by atoms with E-state index < -0.39 is 0 Å². The van der Waals surface area contributed by atoms with Crippen LogP contribution in [0.15, 0.2) is 0 Å². The second-order valence-electron chi connectivity index (χ2n) is 3.92. The Morgan fingerprint density at radius 3 is 3.15 bits per heavy atom. The highest BCUT2D eigenvalue weighted by Gasteiger charge is 2.22. The van der Waals surface area contributed by atoms with E-state index in [1.54, 1.807) is 4.88 Å². The molecule has 1 aliphatic carbocycles. The summed E-state index contributed by atoms with van der Waals surface area (Å²) in [7, 11) is 0. The Labute approximate surface area is 84.2 Å². The third kappa shape index (κ3) is 1.78. The van der Waals surface area contributed by atoms with Gasteiger partial charge in [0.05, 0.1) is 10.7 Å². The molecule has 0 amide bonds. The standard InChI is InChI=1S/C11H17NS/c1-3-5-9-6-4-7-10-11(9)13-8(2)12-10/h9H,3-7H2,1-2H3. The van der Waals surface area contributed by atoms with Gasteiger partial charge < -0.3 is 0 Å². The Bertz CT molecular complexity index is 290. The molecule has 0 radical (unpaired) electrons. The molecule has 0 N–H and O–H groups in total. The molecule has 0 spiro atoms. The monoisotopic (exact) mass is 195 g/mol. The molecule has 13 heavy (non-hydrogen) atoms. The highest BCUT2D eigenvalue weighted by molar-refractivity contribution is 7.11. The van der Waals surface area contributed by atoms with E-state index in [1.165, 1.54) is 42.8 Å². The average molecular weight is 195 g/mol. The molecule has 0 bridgehead atoms. The SMILES string of the molecule is CCCC1CCCc2nc(C)sc21. The van der Waals surface area contributed by atoms with Crippen LogP contribution >= 0.6 is 11.3 Å². The van der Waals surface area contributed by atoms with Gasteiger partial charge in [-0.1, -0.05) is 13.3 Å². The van der Waals surface area contributed by atoms with Crippen LogP contribution in [-0.4, -0.2) is 4.98 Å².